The van der Waals surface area contributed by atoms with E-state index in [0.717, 1.165) is 42.9 Å². The SMILES string of the molecule is O=C(NCCN1CCNCC1)c1ccn(-c2cccc(Br)c2)n1. The highest BCUT2D eigenvalue weighted by Crippen LogP contribution is 2.15. The summed E-state index contributed by atoms with van der Waals surface area (Å²) in [7, 11) is 0. The summed E-state index contributed by atoms with van der Waals surface area (Å²) in [5.74, 6) is -0.131. The minimum absolute atomic E-state index is 0.131. The Balaban J connectivity index is 1.54. The molecule has 0 unspecified atom stereocenters. The van der Waals surface area contributed by atoms with Gasteiger partial charge in [0.15, 0.2) is 5.69 Å². The van der Waals surface area contributed by atoms with Gasteiger partial charge in [0.1, 0.15) is 0 Å². The maximum Gasteiger partial charge on any atom is 0.271 e. The number of rotatable bonds is 5. The van der Waals surface area contributed by atoms with Crippen molar-refractivity contribution in [1.82, 2.24) is 25.3 Å². The van der Waals surface area contributed by atoms with Crippen molar-refractivity contribution >= 4 is 21.8 Å². The van der Waals surface area contributed by atoms with Gasteiger partial charge >= 0.3 is 0 Å². The van der Waals surface area contributed by atoms with Crippen LogP contribution in [0.1, 0.15) is 10.5 Å². The number of benzene rings is 1. The van der Waals surface area contributed by atoms with Gasteiger partial charge in [0, 0.05) is 49.9 Å². The van der Waals surface area contributed by atoms with E-state index in [1.54, 1.807) is 16.9 Å². The Morgan fingerprint density at radius 1 is 1.30 bits per heavy atom. The summed E-state index contributed by atoms with van der Waals surface area (Å²) in [5, 5.41) is 10.6. The van der Waals surface area contributed by atoms with Gasteiger partial charge in [-0.25, -0.2) is 4.68 Å². The molecule has 1 saturated heterocycles. The molecule has 122 valence electrons. The molecule has 1 amide bonds. The number of aromatic nitrogens is 2. The fraction of sp³-hybridized carbons (Fsp3) is 0.375. The third-order valence-corrected chi connectivity index (χ3v) is 4.31. The second-order valence-electron chi connectivity index (χ2n) is 5.47. The number of hydrogen-bond acceptors (Lipinski definition) is 4. The number of nitrogens with one attached hydrogen (secondary N) is 2. The first kappa shape index (κ1) is 16.2. The van der Waals surface area contributed by atoms with Crippen molar-refractivity contribution in [3.63, 3.8) is 0 Å². The third-order valence-electron chi connectivity index (χ3n) is 3.82. The molecule has 2 heterocycles. The quantitative estimate of drug-likeness (QED) is 0.823. The molecule has 1 aliphatic heterocycles. The van der Waals surface area contributed by atoms with Crippen LogP contribution in [0.2, 0.25) is 0 Å². The van der Waals surface area contributed by atoms with Crippen molar-refractivity contribution in [2.45, 2.75) is 0 Å². The van der Waals surface area contributed by atoms with Crippen molar-refractivity contribution in [3.8, 4) is 5.69 Å². The Bertz CT molecular complexity index is 666. The molecule has 0 saturated carbocycles. The topological polar surface area (TPSA) is 62.2 Å². The van der Waals surface area contributed by atoms with Crippen LogP contribution >= 0.6 is 15.9 Å². The van der Waals surface area contributed by atoms with Gasteiger partial charge in [-0.2, -0.15) is 5.10 Å². The summed E-state index contributed by atoms with van der Waals surface area (Å²) in [6.45, 7) is 5.62. The van der Waals surface area contributed by atoms with E-state index in [4.69, 9.17) is 0 Å². The summed E-state index contributed by atoms with van der Waals surface area (Å²) in [6, 6.07) is 9.54. The van der Waals surface area contributed by atoms with Crippen LogP contribution in [-0.2, 0) is 0 Å². The highest BCUT2D eigenvalue weighted by atomic mass is 79.9. The van der Waals surface area contributed by atoms with Crippen molar-refractivity contribution in [2.24, 2.45) is 0 Å². The maximum absolute atomic E-state index is 12.2. The van der Waals surface area contributed by atoms with E-state index in [-0.39, 0.29) is 5.91 Å². The van der Waals surface area contributed by atoms with Gasteiger partial charge in [-0.15, -0.1) is 0 Å². The lowest BCUT2D eigenvalue weighted by molar-refractivity contribution is 0.0942. The molecule has 7 heteroatoms. The highest BCUT2D eigenvalue weighted by Gasteiger charge is 2.12. The van der Waals surface area contributed by atoms with Gasteiger partial charge in [0.05, 0.1) is 5.69 Å². The molecule has 6 nitrogen and oxygen atoms in total. The van der Waals surface area contributed by atoms with Crippen LogP contribution in [0, 0.1) is 0 Å². The smallest absolute Gasteiger partial charge is 0.271 e. The Hall–Kier alpha value is -1.70. The summed E-state index contributed by atoms with van der Waals surface area (Å²) < 4.78 is 2.68. The fourth-order valence-electron chi connectivity index (χ4n) is 2.56. The zero-order chi connectivity index (χ0) is 16.1. The molecule has 0 bridgehead atoms. The molecule has 3 rings (SSSR count). The molecule has 0 spiro atoms. The second-order valence-corrected chi connectivity index (χ2v) is 6.39. The number of carbonyl (C=O) groups excluding carboxylic acids is 1. The average Bonchev–Trinajstić information content (AvgIpc) is 3.06. The van der Waals surface area contributed by atoms with Crippen molar-refractivity contribution in [3.05, 3.63) is 46.7 Å². The second kappa shape index (κ2) is 7.72. The van der Waals surface area contributed by atoms with E-state index in [1.807, 2.05) is 24.3 Å². The summed E-state index contributed by atoms with van der Waals surface area (Å²) in [4.78, 5) is 14.5. The molecule has 1 aromatic carbocycles. The zero-order valence-electron chi connectivity index (χ0n) is 12.8. The van der Waals surface area contributed by atoms with Crippen LogP contribution in [0.25, 0.3) is 5.69 Å². The van der Waals surface area contributed by atoms with Gasteiger partial charge in [-0.3, -0.25) is 9.69 Å². The molecular formula is C16H20BrN5O. The Morgan fingerprint density at radius 3 is 2.91 bits per heavy atom. The molecule has 1 aromatic heterocycles. The Kier molecular flexibility index (Phi) is 5.43. The minimum Gasteiger partial charge on any atom is -0.349 e. The van der Waals surface area contributed by atoms with E-state index >= 15 is 0 Å². The lowest BCUT2D eigenvalue weighted by atomic mass is 10.3. The lowest BCUT2D eigenvalue weighted by Gasteiger charge is -2.26. The largest absolute Gasteiger partial charge is 0.349 e. The number of carbonyl (C=O) groups is 1. The van der Waals surface area contributed by atoms with Gasteiger partial charge in [-0.05, 0) is 24.3 Å². The van der Waals surface area contributed by atoms with Gasteiger partial charge in [-0.1, -0.05) is 22.0 Å². The van der Waals surface area contributed by atoms with E-state index in [9.17, 15) is 4.79 Å². The number of hydrogen-bond donors (Lipinski definition) is 2. The predicted octanol–water partition coefficient (Wildman–Crippen LogP) is 1.27. The first-order valence-electron chi connectivity index (χ1n) is 7.75. The number of amides is 1. The number of nitrogens with zero attached hydrogens (tertiary/aromatic N) is 3. The third kappa shape index (κ3) is 4.40. The van der Waals surface area contributed by atoms with Crippen LogP contribution in [0.3, 0.4) is 0 Å². The van der Waals surface area contributed by atoms with Gasteiger partial charge in [0.2, 0.25) is 0 Å². The Labute approximate surface area is 144 Å². The highest BCUT2D eigenvalue weighted by molar-refractivity contribution is 9.10. The molecule has 0 atom stereocenters. The van der Waals surface area contributed by atoms with Gasteiger partial charge in [0.25, 0.3) is 5.91 Å². The normalized spacial score (nSPS) is 15.5. The van der Waals surface area contributed by atoms with Gasteiger partial charge < -0.3 is 10.6 Å². The van der Waals surface area contributed by atoms with Crippen LogP contribution in [0.5, 0.6) is 0 Å². The van der Waals surface area contributed by atoms with E-state index in [0.29, 0.717) is 12.2 Å². The van der Waals surface area contributed by atoms with Crippen LogP contribution in [-0.4, -0.2) is 59.9 Å². The standard InChI is InChI=1S/C16H20BrN5O/c17-13-2-1-3-14(12-13)22-8-4-15(20-22)16(23)19-7-11-21-9-5-18-6-10-21/h1-4,8,12,18H,5-7,9-11H2,(H,19,23). The summed E-state index contributed by atoms with van der Waals surface area (Å²) in [6.07, 6.45) is 1.80. The molecule has 0 radical (unpaired) electrons. The maximum atomic E-state index is 12.2. The zero-order valence-corrected chi connectivity index (χ0v) is 14.4. The van der Waals surface area contributed by atoms with Crippen LogP contribution < -0.4 is 10.6 Å². The fourth-order valence-corrected chi connectivity index (χ4v) is 2.95. The molecule has 0 aliphatic carbocycles. The van der Waals surface area contributed by atoms with E-state index in [2.05, 4.69) is 36.6 Å². The van der Waals surface area contributed by atoms with Crippen LogP contribution in [0.4, 0.5) is 0 Å². The summed E-state index contributed by atoms with van der Waals surface area (Å²) >= 11 is 3.44. The lowest BCUT2D eigenvalue weighted by Crippen LogP contribution is -2.46. The molecule has 23 heavy (non-hydrogen) atoms. The molecule has 1 fully saturated rings. The average molecular weight is 378 g/mol. The molecule has 1 aliphatic rings. The predicted molar refractivity (Wildman–Crippen MR) is 92.9 cm³/mol. The van der Waals surface area contributed by atoms with Crippen molar-refractivity contribution in [2.75, 3.05) is 39.3 Å². The summed E-state index contributed by atoms with van der Waals surface area (Å²) in [5.41, 5.74) is 1.35. The monoisotopic (exact) mass is 377 g/mol. The minimum atomic E-state index is -0.131. The first-order valence-corrected chi connectivity index (χ1v) is 8.54. The van der Waals surface area contributed by atoms with Crippen molar-refractivity contribution in [1.29, 1.82) is 0 Å². The van der Waals surface area contributed by atoms with Crippen molar-refractivity contribution < 1.29 is 4.79 Å². The van der Waals surface area contributed by atoms with Crippen LogP contribution in [0.15, 0.2) is 41.0 Å². The molecule has 2 aromatic rings. The number of halogens is 1. The molecular weight excluding hydrogens is 358 g/mol. The number of piperazine rings is 1. The van der Waals surface area contributed by atoms with E-state index in [1.165, 1.54) is 0 Å². The molecule has 2 N–H and O–H groups in total. The Morgan fingerprint density at radius 2 is 2.13 bits per heavy atom. The van der Waals surface area contributed by atoms with E-state index < -0.39 is 0 Å². The first-order chi connectivity index (χ1) is 11.2.